The molecule has 6 heteroatoms. The molecular formula is C50H30N4O2. The van der Waals surface area contributed by atoms with Gasteiger partial charge in [-0.1, -0.05) is 152 Å². The molecule has 0 aliphatic heterocycles. The van der Waals surface area contributed by atoms with Crippen molar-refractivity contribution in [3.05, 3.63) is 182 Å². The van der Waals surface area contributed by atoms with E-state index in [2.05, 4.69) is 97.1 Å². The molecule has 11 aromatic rings. The lowest BCUT2D eigenvalue weighted by molar-refractivity contribution is 0.620. The molecule has 0 radical (unpaired) electrons. The van der Waals surface area contributed by atoms with Crippen molar-refractivity contribution in [1.29, 1.82) is 0 Å². The minimum atomic E-state index is 0.464. The fourth-order valence-corrected chi connectivity index (χ4v) is 7.68. The van der Waals surface area contributed by atoms with E-state index in [9.17, 15) is 0 Å². The van der Waals surface area contributed by atoms with Gasteiger partial charge in [0, 0.05) is 33.5 Å². The quantitative estimate of drug-likeness (QED) is 0.170. The third-order valence-corrected chi connectivity index (χ3v) is 10.4. The van der Waals surface area contributed by atoms with Crippen molar-refractivity contribution in [2.24, 2.45) is 0 Å². The maximum Gasteiger partial charge on any atom is 0.227 e. The smallest absolute Gasteiger partial charge is 0.227 e. The Morgan fingerprint density at radius 1 is 0.357 bits per heavy atom. The van der Waals surface area contributed by atoms with Gasteiger partial charge in [0.2, 0.25) is 5.89 Å². The number of hydrogen-bond donors (Lipinski definition) is 0. The van der Waals surface area contributed by atoms with Crippen LogP contribution in [0.2, 0.25) is 0 Å². The van der Waals surface area contributed by atoms with Crippen LogP contribution in [0, 0.1) is 0 Å². The van der Waals surface area contributed by atoms with Crippen LogP contribution in [-0.2, 0) is 0 Å². The minimum Gasteiger partial charge on any atom is -0.456 e. The van der Waals surface area contributed by atoms with Gasteiger partial charge in [0.15, 0.2) is 23.1 Å². The molecule has 0 spiro atoms. The minimum absolute atomic E-state index is 0.464. The summed E-state index contributed by atoms with van der Waals surface area (Å²) in [4.78, 5) is 20.6. The van der Waals surface area contributed by atoms with Gasteiger partial charge in [-0.05, 0) is 57.3 Å². The van der Waals surface area contributed by atoms with Crippen LogP contribution in [0.4, 0.5) is 0 Å². The Hall–Kier alpha value is -7.70. The first-order valence-electron chi connectivity index (χ1n) is 18.5. The lowest BCUT2D eigenvalue weighted by Gasteiger charge is -2.11. The van der Waals surface area contributed by atoms with E-state index >= 15 is 0 Å². The van der Waals surface area contributed by atoms with E-state index in [1.807, 2.05) is 84.9 Å². The molecule has 3 aromatic heterocycles. The summed E-state index contributed by atoms with van der Waals surface area (Å²) in [5.41, 5.74) is 10.4. The van der Waals surface area contributed by atoms with Crippen molar-refractivity contribution in [3.63, 3.8) is 0 Å². The molecular weight excluding hydrogens is 689 g/mol. The van der Waals surface area contributed by atoms with Gasteiger partial charge in [-0.2, -0.15) is 0 Å². The second kappa shape index (κ2) is 13.0. The predicted molar refractivity (Wildman–Crippen MR) is 225 cm³/mol. The number of oxazole rings is 1. The number of furan rings is 1. The maximum atomic E-state index is 6.68. The lowest BCUT2D eigenvalue weighted by atomic mass is 9.97. The fourth-order valence-electron chi connectivity index (χ4n) is 7.68. The summed E-state index contributed by atoms with van der Waals surface area (Å²) < 4.78 is 13.1. The molecule has 0 bridgehead atoms. The van der Waals surface area contributed by atoms with E-state index in [0.717, 1.165) is 49.7 Å². The average molecular weight is 719 g/mol. The zero-order valence-electron chi connectivity index (χ0n) is 29.9. The van der Waals surface area contributed by atoms with Crippen LogP contribution >= 0.6 is 0 Å². The van der Waals surface area contributed by atoms with Gasteiger partial charge in [-0.25, -0.2) is 19.9 Å². The summed E-state index contributed by atoms with van der Waals surface area (Å²) >= 11 is 0. The second-order valence-corrected chi connectivity index (χ2v) is 13.8. The molecule has 0 aliphatic rings. The highest BCUT2D eigenvalue weighted by atomic mass is 16.4. The predicted octanol–water partition coefficient (Wildman–Crippen LogP) is 13.1. The van der Waals surface area contributed by atoms with Gasteiger partial charge >= 0.3 is 0 Å². The summed E-state index contributed by atoms with van der Waals surface area (Å²) in [6, 6.07) is 61.9. The van der Waals surface area contributed by atoms with Crippen LogP contribution in [-0.4, -0.2) is 19.9 Å². The first kappa shape index (κ1) is 31.8. The van der Waals surface area contributed by atoms with E-state index in [1.54, 1.807) is 0 Å². The largest absolute Gasteiger partial charge is 0.456 e. The van der Waals surface area contributed by atoms with E-state index < -0.39 is 0 Å². The number of nitrogens with zero attached hydrogens (tertiary/aromatic N) is 4. The molecule has 11 rings (SSSR count). The molecule has 0 atom stereocenters. The lowest BCUT2D eigenvalue weighted by Crippen LogP contribution is -2.01. The molecule has 262 valence electrons. The molecule has 0 amide bonds. The molecule has 0 unspecified atom stereocenters. The molecule has 3 heterocycles. The van der Waals surface area contributed by atoms with Crippen LogP contribution < -0.4 is 0 Å². The highest BCUT2D eigenvalue weighted by Crippen LogP contribution is 2.43. The van der Waals surface area contributed by atoms with Crippen molar-refractivity contribution in [2.45, 2.75) is 0 Å². The van der Waals surface area contributed by atoms with Crippen molar-refractivity contribution in [2.75, 3.05) is 0 Å². The van der Waals surface area contributed by atoms with Crippen LogP contribution in [0.5, 0.6) is 0 Å². The standard InChI is InChI=1S/C50H30N4O2/c1-3-13-31(14-4-1)36-19-11-20-37(29-36)48-52-47(34-27-25-33(26-28-34)39-23-12-18-32-15-7-8-21-38(32)39)53-49(54-48)45-44-40-22-9-10-24-42(40)55-43(44)30-41-46(45)56-50(51-41)35-16-5-2-6-17-35/h1-30H. The van der Waals surface area contributed by atoms with Gasteiger partial charge in [0.1, 0.15) is 16.7 Å². The normalized spacial score (nSPS) is 11.6. The number of para-hydroxylation sites is 1. The van der Waals surface area contributed by atoms with Crippen LogP contribution in [0.15, 0.2) is 191 Å². The third kappa shape index (κ3) is 5.43. The summed E-state index contributed by atoms with van der Waals surface area (Å²) in [6.45, 7) is 0. The molecule has 0 N–H and O–H groups in total. The molecule has 0 aliphatic carbocycles. The van der Waals surface area contributed by atoms with Crippen LogP contribution in [0.3, 0.4) is 0 Å². The molecule has 0 saturated heterocycles. The average Bonchev–Trinajstić information content (AvgIpc) is 3.87. The SMILES string of the molecule is c1ccc(-c2cccc(-c3nc(-c4ccc(-c5cccc6ccccc56)cc4)nc(-c4c5oc(-c6ccccc6)nc5cc5oc6ccccc6c45)n3)c2)cc1. The Balaban J connectivity index is 1.15. The molecule has 0 fully saturated rings. The summed E-state index contributed by atoms with van der Waals surface area (Å²) in [6.07, 6.45) is 0. The monoisotopic (exact) mass is 718 g/mol. The fraction of sp³-hybridized carbons (Fsp3) is 0. The van der Waals surface area contributed by atoms with Crippen molar-refractivity contribution < 1.29 is 8.83 Å². The van der Waals surface area contributed by atoms with Crippen molar-refractivity contribution >= 4 is 43.8 Å². The van der Waals surface area contributed by atoms with Crippen molar-refractivity contribution in [1.82, 2.24) is 19.9 Å². The van der Waals surface area contributed by atoms with Gasteiger partial charge < -0.3 is 8.83 Å². The van der Waals surface area contributed by atoms with Gasteiger partial charge in [-0.15, -0.1) is 0 Å². The highest BCUT2D eigenvalue weighted by Gasteiger charge is 2.25. The Labute approximate surface area is 321 Å². The van der Waals surface area contributed by atoms with E-state index in [-0.39, 0.29) is 0 Å². The summed E-state index contributed by atoms with van der Waals surface area (Å²) in [5.74, 6) is 2.06. The zero-order chi connectivity index (χ0) is 37.0. The molecule has 56 heavy (non-hydrogen) atoms. The Morgan fingerprint density at radius 3 is 1.79 bits per heavy atom. The van der Waals surface area contributed by atoms with Crippen molar-refractivity contribution in [3.8, 4) is 67.9 Å². The molecule has 0 saturated carbocycles. The maximum absolute atomic E-state index is 6.68. The number of aromatic nitrogens is 4. The van der Waals surface area contributed by atoms with Gasteiger partial charge in [-0.3, -0.25) is 0 Å². The number of fused-ring (bicyclic) bond motifs is 5. The Bertz CT molecular complexity index is 3240. The number of rotatable bonds is 6. The molecule has 6 nitrogen and oxygen atoms in total. The molecule has 8 aromatic carbocycles. The summed E-state index contributed by atoms with van der Waals surface area (Å²) in [7, 11) is 0. The van der Waals surface area contributed by atoms with E-state index in [1.165, 1.54) is 16.3 Å². The summed E-state index contributed by atoms with van der Waals surface area (Å²) in [5, 5.41) is 4.20. The number of hydrogen-bond acceptors (Lipinski definition) is 6. The third-order valence-electron chi connectivity index (χ3n) is 10.4. The van der Waals surface area contributed by atoms with E-state index in [4.69, 9.17) is 28.8 Å². The first-order chi connectivity index (χ1) is 27.7. The second-order valence-electron chi connectivity index (χ2n) is 13.8. The first-order valence-corrected chi connectivity index (χ1v) is 18.5. The van der Waals surface area contributed by atoms with Crippen LogP contribution in [0.1, 0.15) is 0 Å². The topological polar surface area (TPSA) is 77.8 Å². The van der Waals surface area contributed by atoms with Crippen LogP contribution in [0.25, 0.3) is 112 Å². The number of benzene rings is 8. The van der Waals surface area contributed by atoms with Gasteiger partial charge in [0.25, 0.3) is 0 Å². The Morgan fingerprint density at radius 2 is 0.964 bits per heavy atom. The Kier molecular flexibility index (Phi) is 7.38. The highest BCUT2D eigenvalue weighted by molar-refractivity contribution is 6.18. The van der Waals surface area contributed by atoms with E-state index in [0.29, 0.717) is 45.6 Å². The zero-order valence-corrected chi connectivity index (χ0v) is 29.9. The van der Waals surface area contributed by atoms with Gasteiger partial charge in [0.05, 0.1) is 5.56 Å².